The third-order valence-corrected chi connectivity index (χ3v) is 3.29. The highest BCUT2D eigenvalue weighted by Gasteiger charge is 2.07. The van der Waals surface area contributed by atoms with Crippen LogP contribution in [0.2, 0.25) is 10.2 Å². The van der Waals surface area contributed by atoms with Gasteiger partial charge in [0.15, 0.2) is 0 Å². The molecule has 90 valence electrons. The van der Waals surface area contributed by atoms with Gasteiger partial charge < -0.3 is 4.57 Å². The van der Waals surface area contributed by atoms with Gasteiger partial charge in [-0.3, -0.25) is 0 Å². The van der Waals surface area contributed by atoms with Gasteiger partial charge in [0.05, 0.1) is 34.6 Å². The topological polar surface area (TPSA) is 30.7 Å². The quantitative estimate of drug-likeness (QED) is 0.668. The van der Waals surface area contributed by atoms with E-state index >= 15 is 0 Å². The number of halogens is 2. The second-order valence-electron chi connectivity index (χ2n) is 3.92. The molecule has 0 aliphatic rings. The molecule has 0 atom stereocenters. The lowest BCUT2D eigenvalue weighted by atomic mass is 10.3. The molecule has 0 fully saturated rings. The molecule has 0 saturated carbocycles. The third kappa shape index (κ3) is 2.07. The zero-order valence-electron chi connectivity index (χ0n) is 9.35. The zero-order chi connectivity index (χ0) is 12.5. The van der Waals surface area contributed by atoms with Gasteiger partial charge in [-0.05, 0) is 24.3 Å². The van der Waals surface area contributed by atoms with Crippen LogP contribution in [-0.4, -0.2) is 14.5 Å². The second-order valence-corrected chi connectivity index (χ2v) is 4.72. The molecule has 3 rings (SSSR count). The first-order valence-electron chi connectivity index (χ1n) is 5.45. The van der Waals surface area contributed by atoms with Crippen LogP contribution in [0.4, 0.5) is 0 Å². The van der Waals surface area contributed by atoms with E-state index in [4.69, 9.17) is 23.2 Å². The lowest BCUT2D eigenvalue weighted by Crippen LogP contribution is -2.01. The molecule has 2 aromatic heterocycles. The van der Waals surface area contributed by atoms with E-state index < -0.39 is 0 Å². The Morgan fingerprint density at radius 3 is 2.78 bits per heavy atom. The number of pyridine rings is 1. The maximum atomic E-state index is 6.11. The molecule has 1 aromatic carbocycles. The summed E-state index contributed by atoms with van der Waals surface area (Å²) in [6.07, 6.45) is 1.78. The zero-order valence-corrected chi connectivity index (χ0v) is 10.9. The van der Waals surface area contributed by atoms with E-state index in [0.29, 0.717) is 16.7 Å². The smallest absolute Gasteiger partial charge is 0.129 e. The van der Waals surface area contributed by atoms with Crippen LogP contribution in [0.1, 0.15) is 5.69 Å². The van der Waals surface area contributed by atoms with Crippen molar-refractivity contribution in [1.82, 2.24) is 14.5 Å². The van der Waals surface area contributed by atoms with Crippen molar-refractivity contribution < 1.29 is 0 Å². The van der Waals surface area contributed by atoms with Gasteiger partial charge in [0.25, 0.3) is 0 Å². The summed E-state index contributed by atoms with van der Waals surface area (Å²) in [5.74, 6) is 0. The first-order valence-corrected chi connectivity index (χ1v) is 6.20. The molecule has 0 radical (unpaired) electrons. The highest BCUT2D eigenvalue weighted by Crippen LogP contribution is 2.20. The van der Waals surface area contributed by atoms with E-state index in [1.54, 1.807) is 18.5 Å². The number of fused-ring (bicyclic) bond motifs is 1. The Morgan fingerprint density at radius 2 is 1.89 bits per heavy atom. The van der Waals surface area contributed by atoms with E-state index in [-0.39, 0.29) is 0 Å². The summed E-state index contributed by atoms with van der Waals surface area (Å²) in [4.78, 5) is 8.57. The van der Waals surface area contributed by atoms with Gasteiger partial charge in [0.1, 0.15) is 5.15 Å². The SMILES string of the molecule is Clc1ccc(Cl)c(Cn2cnc3ccccc32)n1. The Labute approximate surface area is 114 Å². The van der Waals surface area contributed by atoms with Gasteiger partial charge in [0, 0.05) is 0 Å². The first kappa shape index (κ1) is 11.5. The van der Waals surface area contributed by atoms with Gasteiger partial charge in [-0.15, -0.1) is 0 Å². The van der Waals surface area contributed by atoms with Crippen LogP contribution in [0, 0.1) is 0 Å². The number of hydrogen-bond donors (Lipinski definition) is 0. The van der Waals surface area contributed by atoms with Crippen molar-refractivity contribution in [3.8, 4) is 0 Å². The molecule has 0 N–H and O–H groups in total. The van der Waals surface area contributed by atoms with Crippen molar-refractivity contribution in [1.29, 1.82) is 0 Å². The largest absolute Gasteiger partial charge is 0.324 e. The van der Waals surface area contributed by atoms with E-state index in [2.05, 4.69) is 9.97 Å². The molecule has 3 aromatic rings. The molecule has 0 amide bonds. The first-order chi connectivity index (χ1) is 8.74. The molecule has 0 spiro atoms. The van der Waals surface area contributed by atoms with Crippen molar-refractivity contribution in [2.75, 3.05) is 0 Å². The number of nitrogens with zero attached hydrogens (tertiary/aromatic N) is 3. The van der Waals surface area contributed by atoms with Crippen molar-refractivity contribution in [2.24, 2.45) is 0 Å². The summed E-state index contributed by atoms with van der Waals surface area (Å²) in [6.45, 7) is 0.555. The molecule has 2 heterocycles. The van der Waals surface area contributed by atoms with Crippen LogP contribution in [0.15, 0.2) is 42.7 Å². The minimum atomic E-state index is 0.443. The fourth-order valence-corrected chi connectivity index (χ4v) is 2.20. The number of para-hydroxylation sites is 2. The van der Waals surface area contributed by atoms with Crippen molar-refractivity contribution in [3.63, 3.8) is 0 Å². The second kappa shape index (κ2) is 4.59. The Hall–Kier alpha value is -1.58. The summed E-state index contributed by atoms with van der Waals surface area (Å²) >= 11 is 12.0. The molecular weight excluding hydrogens is 269 g/mol. The van der Waals surface area contributed by atoms with E-state index in [1.807, 2.05) is 28.8 Å². The maximum absolute atomic E-state index is 6.11. The summed E-state index contributed by atoms with van der Waals surface area (Å²) in [7, 11) is 0. The average Bonchev–Trinajstić information content (AvgIpc) is 2.78. The summed E-state index contributed by atoms with van der Waals surface area (Å²) < 4.78 is 2.00. The summed E-state index contributed by atoms with van der Waals surface area (Å²) in [6, 6.07) is 11.4. The summed E-state index contributed by atoms with van der Waals surface area (Å²) in [5.41, 5.74) is 2.75. The van der Waals surface area contributed by atoms with Crippen molar-refractivity contribution in [3.05, 3.63) is 58.6 Å². The molecule has 0 saturated heterocycles. The summed E-state index contributed by atoms with van der Waals surface area (Å²) in [5, 5.41) is 1.05. The lowest BCUT2D eigenvalue weighted by Gasteiger charge is -2.06. The predicted octanol–water partition coefficient (Wildman–Crippen LogP) is 3.79. The molecule has 3 nitrogen and oxygen atoms in total. The molecule has 18 heavy (non-hydrogen) atoms. The Balaban J connectivity index is 2.04. The number of hydrogen-bond acceptors (Lipinski definition) is 2. The van der Waals surface area contributed by atoms with Crippen LogP contribution >= 0.6 is 23.2 Å². The van der Waals surface area contributed by atoms with Gasteiger partial charge in [-0.2, -0.15) is 0 Å². The Morgan fingerprint density at radius 1 is 1.06 bits per heavy atom. The standard InChI is InChI=1S/C13H9Cl2N3/c14-9-5-6-13(15)17-11(9)7-18-8-16-10-3-1-2-4-12(10)18/h1-6,8H,7H2. The number of rotatable bonds is 2. The van der Waals surface area contributed by atoms with Crippen LogP contribution in [0.5, 0.6) is 0 Å². The van der Waals surface area contributed by atoms with Crippen molar-refractivity contribution >= 4 is 34.2 Å². The Kier molecular flexibility index (Phi) is 2.94. The van der Waals surface area contributed by atoms with Gasteiger partial charge >= 0.3 is 0 Å². The molecular formula is C13H9Cl2N3. The van der Waals surface area contributed by atoms with Crippen LogP contribution < -0.4 is 0 Å². The molecule has 0 unspecified atom stereocenters. The number of benzene rings is 1. The van der Waals surface area contributed by atoms with Crippen LogP contribution in [0.25, 0.3) is 11.0 Å². The normalized spacial score (nSPS) is 11.0. The lowest BCUT2D eigenvalue weighted by molar-refractivity contribution is 0.797. The molecule has 0 aliphatic carbocycles. The van der Waals surface area contributed by atoms with E-state index in [1.165, 1.54) is 0 Å². The highest BCUT2D eigenvalue weighted by molar-refractivity contribution is 6.32. The van der Waals surface area contributed by atoms with Crippen LogP contribution in [0.3, 0.4) is 0 Å². The minimum absolute atomic E-state index is 0.443. The molecule has 5 heteroatoms. The fourth-order valence-electron chi connectivity index (χ4n) is 1.87. The Bertz CT molecular complexity index is 706. The van der Waals surface area contributed by atoms with E-state index in [9.17, 15) is 0 Å². The monoisotopic (exact) mass is 277 g/mol. The van der Waals surface area contributed by atoms with Gasteiger partial charge in [0.2, 0.25) is 0 Å². The molecule has 0 aliphatic heterocycles. The molecule has 0 bridgehead atoms. The number of aromatic nitrogens is 3. The number of imidazole rings is 1. The van der Waals surface area contributed by atoms with Crippen LogP contribution in [-0.2, 0) is 6.54 Å². The average molecular weight is 278 g/mol. The fraction of sp³-hybridized carbons (Fsp3) is 0.0769. The maximum Gasteiger partial charge on any atom is 0.129 e. The highest BCUT2D eigenvalue weighted by atomic mass is 35.5. The van der Waals surface area contributed by atoms with Crippen molar-refractivity contribution in [2.45, 2.75) is 6.54 Å². The minimum Gasteiger partial charge on any atom is -0.324 e. The van der Waals surface area contributed by atoms with Gasteiger partial charge in [-0.1, -0.05) is 35.3 Å². The van der Waals surface area contributed by atoms with E-state index in [0.717, 1.165) is 16.7 Å². The predicted molar refractivity (Wildman–Crippen MR) is 73.1 cm³/mol. The third-order valence-electron chi connectivity index (χ3n) is 2.73. The van der Waals surface area contributed by atoms with Gasteiger partial charge in [-0.25, -0.2) is 9.97 Å².